The molecular weight excluding hydrogens is 226 g/mol. The van der Waals surface area contributed by atoms with Gasteiger partial charge in [-0.15, -0.1) is 0 Å². The molecule has 1 aliphatic carbocycles. The van der Waals surface area contributed by atoms with Gasteiger partial charge in [0, 0.05) is 32.0 Å². The molecule has 1 fully saturated rings. The fourth-order valence-electron chi connectivity index (χ4n) is 2.76. The zero-order valence-electron chi connectivity index (χ0n) is 10.9. The van der Waals surface area contributed by atoms with Gasteiger partial charge in [0.05, 0.1) is 5.41 Å². The van der Waals surface area contributed by atoms with E-state index in [4.69, 9.17) is 5.73 Å². The van der Waals surface area contributed by atoms with Crippen LogP contribution in [0.25, 0.3) is 0 Å². The average Bonchev–Trinajstić information content (AvgIpc) is 2.92. The number of amides is 1. The Hall–Kier alpha value is -1.29. The van der Waals surface area contributed by atoms with Gasteiger partial charge in [0.15, 0.2) is 0 Å². The molecule has 3 N–H and O–H groups in total. The molecule has 0 spiro atoms. The highest BCUT2D eigenvalue weighted by Crippen LogP contribution is 2.35. The summed E-state index contributed by atoms with van der Waals surface area (Å²) in [5, 5.41) is 3.04. The van der Waals surface area contributed by atoms with Gasteiger partial charge in [0.2, 0.25) is 5.91 Å². The fraction of sp³-hybridized carbons (Fsp3) is 0.643. The predicted molar refractivity (Wildman–Crippen MR) is 72.0 cm³/mol. The number of rotatable bonds is 5. The predicted octanol–water partition coefficient (Wildman–Crippen LogP) is 1.51. The molecule has 0 saturated heterocycles. The van der Waals surface area contributed by atoms with Crippen LogP contribution >= 0.6 is 0 Å². The molecule has 2 rings (SSSR count). The number of nitrogens with one attached hydrogen (secondary N) is 1. The number of nitrogens with two attached hydrogens (primary N) is 1. The molecule has 1 saturated carbocycles. The van der Waals surface area contributed by atoms with E-state index in [1.165, 1.54) is 6.42 Å². The summed E-state index contributed by atoms with van der Waals surface area (Å²) in [6, 6.07) is 3.98. The molecule has 0 bridgehead atoms. The largest absolute Gasteiger partial charge is 0.354 e. The average molecular weight is 249 g/mol. The lowest BCUT2D eigenvalue weighted by molar-refractivity contribution is -0.132. The molecule has 4 nitrogen and oxygen atoms in total. The SMILES string of the molecule is NCC1(C(=O)NCCn2cccc2)CCCCC1. The molecule has 1 heterocycles. The maximum atomic E-state index is 12.3. The van der Waals surface area contributed by atoms with Crippen molar-refractivity contribution in [3.63, 3.8) is 0 Å². The molecule has 18 heavy (non-hydrogen) atoms. The van der Waals surface area contributed by atoms with Gasteiger partial charge in [-0.2, -0.15) is 0 Å². The number of aromatic nitrogens is 1. The second kappa shape index (κ2) is 6.05. The van der Waals surface area contributed by atoms with Gasteiger partial charge >= 0.3 is 0 Å². The van der Waals surface area contributed by atoms with Gasteiger partial charge in [-0.25, -0.2) is 0 Å². The van der Waals surface area contributed by atoms with Gasteiger partial charge in [-0.3, -0.25) is 4.79 Å². The Morgan fingerprint density at radius 3 is 2.50 bits per heavy atom. The van der Waals surface area contributed by atoms with Gasteiger partial charge in [0.1, 0.15) is 0 Å². The van der Waals surface area contributed by atoms with Crippen molar-refractivity contribution in [2.75, 3.05) is 13.1 Å². The molecule has 0 aromatic carbocycles. The summed E-state index contributed by atoms with van der Waals surface area (Å²) in [5.41, 5.74) is 5.54. The number of carbonyl (C=O) groups is 1. The highest BCUT2D eigenvalue weighted by Gasteiger charge is 2.37. The summed E-state index contributed by atoms with van der Waals surface area (Å²) in [6.07, 6.45) is 9.39. The van der Waals surface area contributed by atoms with Crippen molar-refractivity contribution in [2.45, 2.75) is 38.6 Å². The second-order valence-electron chi connectivity index (χ2n) is 5.22. The van der Waals surface area contributed by atoms with Crippen LogP contribution in [-0.4, -0.2) is 23.6 Å². The minimum absolute atomic E-state index is 0.150. The Kier molecular flexibility index (Phi) is 4.42. The zero-order chi connectivity index (χ0) is 12.8. The topological polar surface area (TPSA) is 60.1 Å². The standard InChI is InChI=1S/C14H23N3O/c15-12-14(6-2-1-3-7-14)13(18)16-8-11-17-9-4-5-10-17/h4-5,9-10H,1-3,6-8,11-12,15H2,(H,16,18). The lowest BCUT2D eigenvalue weighted by atomic mass is 9.73. The summed E-state index contributed by atoms with van der Waals surface area (Å²) in [6.45, 7) is 1.97. The Bertz CT molecular complexity index is 366. The minimum Gasteiger partial charge on any atom is -0.354 e. The van der Waals surface area contributed by atoms with E-state index >= 15 is 0 Å². The number of hydrogen-bond acceptors (Lipinski definition) is 2. The van der Waals surface area contributed by atoms with E-state index < -0.39 is 0 Å². The van der Waals surface area contributed by atoms with Crippen molar-refractivity contribution >= 4 is 5.91 Å². The Balaban J connectivity index is 1.82. The van der Waals surface area contributed by atoms with Crippen LogP contribution in [0, 0.1) is 5.41 Å². The van der Waals surface area contributed by atoms with E-state index in [9.17, 15) is 4.79 Å². The maximum absolute atomic E-state index is 12.3. The van der Waals surface area contributed by atoms with Gasteiger partial charge in [-0.05, 0) is 25.0 Å². The number of hydrogen-bond donors (Lipinski definition) is 2. The van der Waals surface area contributed by atoms with Gasteiger partial charge in [0.25, 0.3) is 0 Å². The Morgan fingerprint density at radius 2 is 1.89 bits per heavy atom. The summed E-state index contributed by atoms with van der Waals surface area (Å²) in [4.78, 5) is 12.3. The van der Waals surface area contributed by atoms with Crippen molar-refractivity contribution in [1.29, 1.82) is 0 Å². The van der Waals surface area contributed by atoms with Crippen molar-refractivity contribution in [2.24, 2.45) is 11.1 Å². The molecule has 4 heteroatoms. The molecule has 0 aliphatic heterocycles. The maximum Gasteiger partial charge on any atom is 0.227 e. The Labute approximate surface area is 109 Å². The third-order valence-corrected chi connectivity index (χ3v) is 4.00. The highest BCUT2D eigenvalue weighted by molar-refractivity contribution is 5.82. The van der Waals surface area contributed by atoms with Crippen molar-refractivity contribution in [1.82, 2.24) is 9.88 Å². The first-order valence-corrected chi connectivity index (χ1v) is 6.86. The lowest BCUT2D eigenvalue weighted by Gasteiger charge is -2.34. The van der Waals surface area contributed by atoms with Crippen LogP contribution in [0.15, 0.2) is 24.5 Å². The molecule has 0 unspecified atom stereocenters. The van der Waals surface area contributed by atoms with E-state index in [0.29, 0.717) is 13.1 Å². The first kappa shape index (κ1) is 13.1. The van der Waals surface area contributed by atoms with Crippen molar-refractivity contribution in [3.8, 4) is 0 Å². The minimum atomic E-state index is -0.297. The Morgan fingerprint density at radius 1 is 1.22 bits per heavy atom. The normalized spacial score (nSPS) is 18.5. The van der Waals surface area contributed by atoms with Crippen LogP contribution in [0.1, 0.15) is 32.1 Å². The van der Waals surface area contributed by atoms with E-state index in [2.05, 4.69) is 9.88 Å². The molecule has 1 aromatic rings. The molecule has 1 aliphatic rings. The molecule has 0 radical (unpaired) electrons. The van der Waals surface area contributed by atoms with Crippen LogP contribution in [0.4, 0.5) is 0 Å². The number of carbonyl (C=O) groups excluding carboxylic acids is 1. The number of nitrogens with zero attached hydrogens (tertiary/aromatic N) is 1. The fourth-order valence-corrected chi connectivity index (χ4v) is 2.76. The third-order valence-electron chi connectivity index (χ3n) is 4.00. The molecule has 1 aromatic heterocycles. The zero-order valence-corrected chi connectivity index (χ0v) is 10.9. The quantitative estimate of drug-likeness (QED) is 0.831. The lowest BCUT2D eigenvalue weighted by Crippen LogP contribution is -2.47. The van der Waals surface area contributed by atoms with E-state index in [0.717, 1.165) is 32.2 Å². The second-order valence-corrected chi connectivity index (χ2v) is 5.22. The summed E-state index contributed by atoms with van der Waals surface area (Å²) in [5.74, 6) is 0.150. The molecule has 100 valence electrons. The third kappa shape index (κ3) is 2.93. The van der Waals surface area contributed by atoms with Crippen LogP contribution in [0.2, 0.25) is 0 Å². The highest BCUT2D eigenvalue weighted by atomic mass is 16.2. The van der Waals surface area contributed by atoms with E-state index in [1.807, 2.05) is 24.5 Å². The molecule has 0 atom stereocenters. The van der Waals surface area contributed by atoms with Crippen molar-refractivity contribution < 1.29 is 4.79 Å². The van der Waals surface area contributed by atoms with E-state index in [1.54, 1.807) is 0 Å². The smallest absolute Gasteiger partial charge is 0.227 e. The van der Waals surface area contributed by atoms with Gasteiger partial charge < -0.3 is 15.6 Å². The van der Waals surface area contributed by atoms with Crippen LogP contribution in [0.5, 0.6) is 0 Å². The van der Waals surface area contributed by atoms with Crippen molar-refractivity contribution in [3.05, 3.63) is 24.5 Å². The van der Waals surface area contributed by atoms with Crippen LogP contribution < -0.4 is 11.1 Å². The van der Waals surface area contributed by atoms with Crippen LogP contribution in [0.3, 0.4) is 0 Å². The first-order valence-electron chi connectivity index (χ1n) is 6.86. The monoisotopic (exact) mass is 249 g/mol. The molecule has 1 amide bonds. The van der Waals surface area contributed by atoms with E-state index in [-0.39, 0.29) is 11.3 Å². The van der Waals surface area contributed by atoms with Crippen LogP contribution in [-0.2, 0) is 11.3 Å². The summed E-state index contributed by atoms with van der Waals surface area (Å²) < 4.78 is 2.07. The summed E-state index contributed by atoms with van der Waals surface area (Å²) in [7, 11) is 0. The van der Waals surface area contributed by atoms with Gasteiger partial charge in [-0.1, -0.05) is 19.3 Å². The summed E-state index contributed by atoms with van der Waals surface area (Å²) >= 11 is 0. The first-order chi connectivity index (χ1) is 8.77. The molecular formula is C14H23N3O.